The van der Waals surface area contributed by atoms with Crippen LogP contribution in [-0.4, -0.2) is 11.8 Å². The number of ketones is 1. The SMILES string of the molecule is CC(Nc1ccc(C2CCCCC2)cc1)C(=O)c1cc(C(C)C)cs1. The van der Waals surface area contributed by atoms with E-state index in [4.69, 9.17) is 0 Å². The molecule has 0 spiro atoms. The average Bonchev–Trinajstić information content (AvgIpc) is 3.13. The van der Waals surface area contributed by atoms with E-state index in [1.165, 1.54) is 43.2 Å². The average molecular weight is 356 g/mol. The van der Waals surface area contributed by atoms with Gasteiger partial charge in [0, 0.05) is 5.69 Å². The van der Waals surface area contributed by atoms with Crippen LogP contribution in [0.2, 0.25) is 0 Å². The molecular weight excluding hydrogens is 326 g/mol. The highest BCUT2D eigenvalue weighted by Crippen LogP contribution is 2.33. The van der Waals surface area contributed by atoms with Crippen LogP contribution in [-0.2, 0) is 0 Å². The molecule has 3 heteroatoms. The van der Waals surface area contributed by atoms with Gasteiger partial charge in [-0.05, 0) is 66.3 Å². The topological polar surface area (TPSA) is 29.1 Å². The van der Waals surface area contributed by atoms with Gasteiger partial charge >= 0.3 is 0 Å². The van der Waals surface area contributed by atoms with Crippen LogP contribution in [0.3, 0.4) is 0 Å². The Bertz CT molecular complexity index is 695. The van der Waals surface area contributed by atoms with Crippen LogP contribution < -0.4 is 5.32 Å². The number of carbonyl (C=O) groups excluding carboxylic acids is 1. The van der Waals surface area contributed by atoms with Gasteiger partial charge in [-0.15, -0.1) is 11.3 Å². The van der Waals surface area contributed by atoms with E-state index in [0.717, 1.165) is 16.5 Å². The molecule has 1 atom stereocenters. The maximum Gasteiger partial charge on any atom is 0.194 e. The molecule has 0 amide bonds. The summed E-state index contributed by atoms with van der Waals surface area (Å²) in [6.07, 6.45) is 6.73. The van der Waals surface area contributed by atoms with Gasteiger partial charge in [0.2, 0.25) is 0 Å². The summed E-state index contributed by atoms with van der Waals surface area (Å²) in [7, 11) is 0. The molecule has 1 aliphatic rings. The van der Waals surface area contributed by atoms with Crippen molar-refractivity contribution in [3.63, 3.8) is 0 Å². The highest BCUT2D eigenvalue weighted by atomic mass is 32.1. The van der Waals surface area contributed by atoms with Crippen molar-refractivity contribution in [3.8, 4) is 0 Å². The van der Waals surface area contributed by atoms with E-state index in [9.17, 15) is 4.79 Å². The van der Waals surface area contributed by atoms with Crippen molar-refractivity contribution < 1.29 is 4.79 Å². The second-order valence-electron chi connectivity index (χ2n) is 7.59. The van der Waals surface area contributed by atoms with Crippen LogP contribution in [0.25, 0.3) is 0 Å². The van der Waals surface area contributed by atoms with Crippen LogP contribution >= 0.6 is 11.3 Å². The molecule has 1 unspecified atom stereocenters. The van der Waals surface area contributed by atoms with Gasteiger partial charge in [-0.1, -0.05) is 45.2 Å². The number of thiophene rings is 1. The van der Waals surface area contributed by atoms with Crippen molar-refractivity contribution in [1.82, 2.24) is 0 Å². The first-order chi connectivity index (χ1) is 12.0. The van der Waals surface area contributed by atoms with Crippen LogP contribution in [0.5, 0.6) is 0 Å². The molecule has 1 fully saturated rings. The van der Waals surface area contributed by atoms with Crippen molar-refractivity contribution in [2.24, 2.45) is 0 Å². The number of benzene rings is 1. The Morgan fingerprint density at radius 2 is 1.76 bits per heavy atom. The molecule has 1 N–H and O–H groups in total. The van der Waals surface area contributed by atoms with Crippen LogP contribution in [0.15, 0.2) is 35.7 Å². The highest BCUT2D eigenvalue weighted by molar-refractivity contribution is 7.12. The fourth-order valence-corrected chi connectivity index (χ4v) is 4.70. The van der Waals surface area contributed by atoms with Gasteiger partial charge in [0.05, 0.1) is 10.9 Å². The number of rotatable bonds is 6. The summed E-state index contributed by atoms with van der Waals surface area (Å²) < 4.78 is 0. The van der Waals surface area contributed by atoms with E-state index in [1.807, 2.05) is 13.0 Å². The number of anilines is 1. The molecule has 2 aromatic rings. The summed E-state index contributed by atoms with van der Waals surface area (Å²) in [4.78, 5) is 13.5. The van der Waals surface area contributed by atoms with Gasteiger partial charge in [-0.25, -0.2) is 0 Å². The zero-order valence-electron chi connectivity index (χ0n) is 15.5. The third kappa shape index (κ3) is 4.52. The smallest absolute Gasteiger partial charge is 0.194 e. The van der Waals surface area contributed by atoms with E-state index in [1.54, 1.807) is 11.3 Å². The van der Waals surface area contributed by atoms with E-state index >= 15 is 0 Å². The maximum absolute atomic E-state index is 12.6. The molecule has 0 aliphatic heterocycles. The number of hydrogen-bond donors (Lipinski definition) is 1. The largest absolute Gasteiger partial charge is 0.375 e. The molecule has 0 saturated heterocycles. The fraction of sp³-hybridized carbons (Fsp3) is 0.500. The molecule has 1 heterocycles. The van der Waals surface area contributed by atoms with E-state index < -0.39 is 0 Å². The molecule has 1 saturated carbocycles. The maximum atomic E-state index is 12.6. The lowest BCUT2D eigenvalue weighted by Crippen LogP contribution is -2.25. The first-order valence-corrected chi connectivity index (χ1v) is 10.4. The molecule has 3 rings (SSSR count). The lowest BCUT2D eigenvalue weighted by atomic mass is 9.84. The summed E-state index contributed by atoms with van der Waals surface area (Å²) in [6, 6.07) is 10.6. The van der Waals surface area contributed by atoms with Gasteiger partial charge < -0.3 is 5.32 Å². The van der Waals surface area contributed by atoms with Crippen molar-refractivity contribution >= 4 is 22.8 Å². The Balaban J connectivity index is 1.61. The lowest BCUT2D eigenvalue weighted by molar-refractivity contribution is 0.0979. The third-order valence-electron chi connectivity index (χ3n) is 5.29. The minimum absolute atomic E-state index is 0.174. The Labute approximate surface area is 155 Å². The minimum Gasteiger partial charge on any atom is -0.375 e. The molecule has 1 aromatic carbocycles. The van der Waals surface area contributed by atoms with E-state index in [-0.39, 0.29) is 11.8 Å². The standard InChI is InChI=1S/C22H29NOS/c1-15(2)19-13-21(25-14-19)22(24)16(3)23-20-11-9-18(10-12-20)17-7-5-4-6-8-17/h9-17,23H,4-8H2,1-3H3. The predicted molar refractivity (Wildman–Crippen MR) is 108 cm³/mol. The van der Waals surface area contributed by atoms with Gasteiger partial charge in [0.25, 0.3) is 0 Å². The first-order valence-electron chi connectivity index (χ1n) is 9.53. The second-order valence-corrected chi connectivity index (χ2v) is 8.50. The normalized spacial score (nSPS) is 16.8. The summed E-state index contributed by atoms with van der Waals surface area (Å²) in [5, 5.41) is 5.47. The van der Waals surface area contributed by atoms with Gasteiger partial charge in [-0.3, -0.25) is 4.79 Å². The molecule has 2 nitrogen and oxygen atoms in total. The molecule has 25 heavy (non-hydrogen) atoms. The summed E-state index contributed by atoms with van der Waals surface area (Å²) in [5.74, 6) is 1.36. The monoisotopic (exact) mass is 355 g/mol. The Morgan fingerprint density at radius 3 is 2.36 bits per heavy atom. The third-order valence-corrected chi connectivity index (χ3v) is 6.26. The van der Waals surface area contributed by atoms with Crippen LogP contribution in [0.4, 0.5) is 5.69 Å². The number of nitrogens with one attached hydrogen (secondary N) is 1. The summed E-state index contributed by atoms with van der Waals surface area (Å²) >= 11 is 1.56. The summed E-state index contributed by atoms with van der Waals surface area (Å²) in [5.41, 5.74) is 3.72. The fourth-order valence-electron chi connectivity index (χ4n) is 3.60. The molecule has 1 aromatic heterocycles. The van der Waals surface area contributed by atoms with Crippen molar-refractivity contribution in [3.05, 3.63) is 51.7 Å². The van der Waals surface area contributed by atoms with E-state index in [0.29, 0.717) is 5.92 Å². The van der Waals surface area contributed by atoms with Crippen molar-refractivity contribution in [1.29, 1.82) is 0 Å². The Morgan fingerprint density at radius 1 is 1.08 bits per heavy atom. The Kier molecular flexibility index (Phi) is 5.95. The second kappa shape index (κ2) is 8.18. The van der Waals surface area contributed by atoms with Crippen molar-refractivity contribution in [2.75, 3.05) is 5.32 Å². The Hall–Kier alpha value is -1.61. The zero-order chi connectivity index (χ0) is 17.8. The van der Waals surface area contributed by atoms with Crippen LogP contribution in [0, 0.1) is 0 Å². The highest BCUT2D eigenvalue weighted by Gasteiger charge is 2.19. The van der Waals surface area contributed by atoms with Gasteiger partial charge in [-0.2, -0.15) is 0 Å². The summed E-state index contributed by atoms with van der Waals surface area (Å²) in [6.45, 7) is 6.27. The predicted octanol–water partition coefficient (Wildman–Crippen LogP) is 6.60. The molecule has 0 bridgehead atoms. The first kappa shape index (κ1) is 18.2. The number of carbonyl (C=O) groups is 1. The van der Waals surface area contributed by atoms with E-state index in [2.05, 4.69) is 48.8 Å². The van der Waals surface area contributed by atoms with Gasteiger partial charge in [0.15, 0.2) is 5.78 Å². The molecule has 1 aliphatic carbocycles. The molecule has 0 radical (unpaired) electrons. The molecule has 134 valence electrons. The number of hydrogen-bond acceptors (Lipinski definition) is 3. The zero-order valence-corrected chi connectivity index (χ0v) is 16.4. The van der Waals surface area contributed by atoms with Crippen LogP contribution in [0.1, 0.15) is 85.5 Å². The van der Waals surface area contributed by atoms with Crippen molar-refractivity contribution in [2.45, 2.75) is 70.8 Å². The van der Waals surface area contributed by atoms with Gasteiger partial charge in [0.1, 0.15) is 0 Å². The number of Topliss-reactive ketones (excluding diaryl/α,β-unsaturated/α-hetero) is 1. The molecular formula is C22H29NOS. The lowest BCUT2D eigenvalue weighted by Gasteiger charge is -2.22. The quantitative estimate of drug-likeness (QED) is 0.591. The minimum atomic E-state index is -0.209.